The van der Waals surface area contributed by atoms with Crippen LogP contribution < -0.4 is 0 Å². The summed E-state index contributed by atoms with van der Waals surface area (Å²) in [6.07, 6.45) is -5.17. The highest BCUT2D eigenvalue weighted by Gasteiger charge is 2.34. The molecule has 1 aliphatic rings. The van der Waals surface area contributed by atoms with Crippen molar-refractivity contribution in [1.82, 2.24) is 0 Å². The summed E-state index contributed by atoms with van der Waals surface area (Å²) in [5.74, 6) is -1.08. The second-order valence-corrected chi connectivity index (χ2v) is 4.15. The number of halogens is 3. The van der Waals surface area contributed by atoms with Gasteiger partial charge in [-0.25, -0.2) is 4.79 Å². The summed E-state index contributed by atoms with van der Waals surface area (Å²) in [6, 6.07) is 4.81. The molecule has 1 N–H and O–H groups in total. The summed E-state index contributed by atoms with van der Waals surface area (Å²) in [5, 5.41) is 8.76. The first-order valence-electron chi connectivity index (χ1n) is 5.43. The topological polar surface area (TPSA) is 46.5 Å². The number of benzene rings is 1. The third kappa shape index (κ3) is 2.64. The highest BCUT2D eigenvalue weighted by molar-refractivity contribution is 5.72. The number of rotatable bonds is 2. The van der Waals surface area contributed by atoms with Gasteiger partial charge in [0.2, 0.25) is 0 Å². The van der Waals surface area contributed by atoms with Crippen LogP contribution in [0.25, 0.3) is 0 Å². The van der Waals surface area contributed by atoms with Crippen LogP contribution >= 0.6 is 0 Å². The number of carboxylic acids is 1. The van der Waals surface area contributed by atoms with Gasteiger partial charge in [0.25, 0.3) is 0 Å². The van der Waals surface area contributed by atoms with E-state index < -0.39 is 29.9 Å². The molecule has 1 heterocycles. The average molecular weight is 260 g/mol. The SMILES string of the molecule is O=C(O)C1CCC(c2cccc(C(F)(F)F)c2)O1. The van der Waals surface area contributed by atoms with Gasteiger partial charge in [0.15, 0.2) is 6.10 Å². The van der Waals surface area contributed by atoms with Gasteiger partial charge in [0.05, 0.1) is 11.7 Å². The van der Waals surface area contributed by atoms with Crippen molar-refractivity contribution in [2.45, 2.75) is 31.2 Å². The van der Waals surface area contributed by atoms with E-state index in [0.29, 0.717) is 18.4 Å². The van der Waals surface area contributed by atoms with Crippen molar-refractivity contribution in [3.05, 3.63) is 35.4 Å². The fourth-order valence-corrected chi connectivity index (χ4v) is 1.98. The first-order valence-corrected chi connectivity index (χ1v) is 5.43. The lowest BCUT2D eigenvalue weighted by molar-refractivity contribution is -0.149. The third-order valence-corrected chi connectivity index (χ3v) is 2.88. The van der Waals surface area contributed by atoms with Crippen molar-refractivity contribution in [2.24, 2.45) is 0 Å². The zero-order valence-electron chi connectivity index (χ0n) is 9.28. The molecule has 1 aromatic carbocycles. The van der Waals surface area contributed by atoms with Crippen molar-refractivity contribution in [3.8, 4) is 0 Å². The smallest absolute Gasteiger partial charge is 0.416 e. The number of hydrogen-bond donors (Lipinski definition) is 1. The molecule has 0 radical (unpaired) electrons. The van der Waals surface area contributed by atoms with E-state index in [1.165, 1.54) is 12.1 Å². The van der Waals surface area contributed by atoms with Crippen LogP contribution in [0.1, 0.15) is 30.1 Å². The van der Waals surface area contributed by atoms with E-state index in [0.717, 1.165) is 12.1 Å². The lowest BCUT2D eigenvalue weighted by Gasteiger charge is -2.14. The van der Waals surface area contributed by atoms with Crippen molar-refractivity contribution in [1.29, 1.82) is 0 Å². The minimum absolute atomic E-state index is 0.316. The Kier molecular flexibility index (Phi) is 3.30. The van der Waals surface area contributed by atoms with Crippen LogP contribution in [0.4, 0.5) is 13.2 Å². The Balaban J connectivity index is 2.18. The number of carbonyl (C=O) groups is 1. The van der Waals surface area contributed by atoms with Gasteiger partial charge < -0.3 is 9.84 Å². The average Bonchev–Trinajstić information content (AvgIpc) is 2.77. The second kappa shape index (κ2) is 4.61. The molecule has 0 amide bonds. The minimum atomic E-state index is -4.40. The van der Waals surface area contributed by atoms with Crippen LogP contribution in [0.3, 0.4) is 0 Å². The zero-order valence-corrected chi connectivity index (χ0v) is 9.28. The molecule has 2 unspecified atom stereocenters. The molecule has 1 aliphatic heterocycles. The first-order chi connectivity index (χ1) is 8.38. The molecule has 1 saturated heterocycles. The van der Waals surface area contributed by atoms with Crippen LogP contribution in [0, 0.1) is 0 Å². The standard InChI is InChI=1S/C12H11F3O3/c13-12(14,15)8-3-1-2-7(6-8)9-4-5-10(18-9)11(16)17/h1-3,6,9-10H,4-5H2,(H,16,17). The molecule has 6 heteroatoms. The predicted molar refractivity (Wildman–Crippen MR) is 55.9 cm³/mol. The molecular weight excluding hydrogens is 249 g/mol. The fourth-order valence-electron chi connectivity index (χ4n) is 1.98. The number of alkyl halides is 3. The molecule has 0 spiro atoms. The Morgan fingerprint density at radius 2 is 2.06 bits per heavy atom. The number of carboxylic acid groups (broad SMARTS) is 1. The third-order valence-electron chi connectivity index (χ3n) is 2.88. The van der Waals surface area contributed by atoms with E-state index in [1.54, 1.807) is 0 Å². The van der Waals surface area contributed by atoms with Crippen LogP contribution in [-0.2, 0) is 15.7 Å². The Morgan fingerprint density at radius 3 is 2.61 bits per heavy atom. The van der Waals surface area contributed by atoms with Gasteiger partial charge in [0, 0.05) is 0 Å². The number of ether oxygens (including phenoxy) is 1. The van der Waals surface area contributed by atoms with Crippen LogP contribution in [0.5, 0.6) is 0 Å². The number of hydrogen-bond acceptors (Lipinski definition) is 2. The van der Waals surface area contributed by atoms with Gasteiger partial charge in [-0.3, -0.25) is 0 Å². The fraction of sp³-hybridized carbons (Fsp3) is 0.417. The molecule has 2 rings (SSSR count). The second-order valence-electron chi connectivity index (χ2n) is 4.15. The molecule has 1 fully saturated rings. The predicted octanol–water partition coefficient (Wildman–Crippen LogP) is 3.01. The Bertz CT molecular complexity index is 456. The van der Waals surface area contributed by atoms with Gasteiger partial charge in [-0.2, -0.15) is 13.2 Å². The molecule has 98 valence electrons. The summed E-state index contributed by atoms with van der Waals surface area (Å²) in [6.45, 7) is 0. The Hall–Kier alpha value is -1.56. The normalized spacial score (nSPS) is 24.2. The summed E-state index contributed by atoms with van der Waals surface area (Å²) in [5.41, 5.74) is -0.379. The maximum atomic E-state index is 12.5. The molecule has 0 bridgehead atoms. The Morgan fingerprint density at radius 1 is 1.33 bits per heavy atom. The van der Waals surface area contributed by atoms with E-state index in [1.807, 2.05) is 0 Å². The molecule has 2 atom stereocenters. The van der Waals surface area contributed by atoms with E-state index in [9.17, 15) is 18.0 Å². The largest absolute Gasteiger partial charge is 0.479 e. The zero-order chi connectivity index (χ0) is 13.3. The first kappa shape index (κ1) is 12.9. The van der Waals surface area contributed by atoms with Crippen molar-refractivity contribution in [2.75, 3.05) is 0 Å². The van der Waals surface area contributed by atoms with Gasteiger partial charge in [0.1, 0.15) is 0 Å². The van der Waals surface area contributed by atoms with E-state index in [-0.39, 0.29) is 0 Å². The summed E-state index contributed by atoms with van der Waals surface area (Å²) >= 11 is 0. The van der Waals surface area contributed by atoms with Crippen molar-refractivity contribution < 1.29 is 27.8 Å². The van der Waals surface area contributed by atoms with Crippen LogP contribution in [0.2, 0.25) is 0 Å². The summed E-state index contributed by atoms with van der Waals surface area (Å²) in [7, 11) is 0. The molecule has 0 aromatic heterocycles. The van der Waals surface area contributed by atoms with Gasteiger partial charge in [-0.15, -0.1) is 0 Å². The van der Waals surface area contributed by atoms with Crippen molar-refractivity contribution in [3.63, 3.8) is 0 Å². The van der Waals surface area contributed by atoms with Gasteiger partial charge in [-0.1, -0.05) is 12.1 Å². The molecule has 1 aromatic rings. The van der Waals surface area contributed by atoms with E-state index >= 15 is 0 Å². The maximum absolute atomic E-state index is 12.5. The summed E-state index contributed by atoms with van der Waals surface area (Å²) in [4.78, 5) is 10.7. The Labute approximate surface area is 101 Å². The quantitative estimate of drug-likeness (QED) is 0.889. The highest BCUT2D eigenvalue weighted by Crippen LogP contribution is 2.36. The monoisotopic (exact) mass is 260 g/mol. The molecule has 3 nitrogen and oxygen atoms in total. The molecule has 0 saturated carbocycles. The summed E-state index contributed by atoms with van der Waals surface area (Å²) < 4.78 is 42.8. The minimum Gasteiger partial charge on any atom is -0.479 e. The molecular formula is C12H11F3O3. The lowest BCUT2D eigenvalue weighted by Crippen LogP contribution is -2.18. The van der Waals surface area contributed by atoms with Gasteiger partial charge >= 0.3 is 12.1 Å². The molecule has 18 heavy (non-hydrogen) atoms. The van der Waals surface area contributed by atoms with Crippen molar-refractivity contribution >= 4 is 5.97 Å². The van der Waals surface area contributed by atoms with E-state index in [4.69, 9.17) is 9.84 Å². The van der Waals surface area contributed by atoms with Gasteiger partial charge in [-0.05, 0) is 30.5 Å². The number of aliphatic carboxylic acids is 1. The van der Waals surface area contributed by atoms with Crippen LogP contribution in [-0.4, -0.2) is 17.2 Å². The van der Waals surface area contributed by atoms with Crippen LogP contribution in [0.15, 0.2) is 24.3 Å². The molecule has 0 aliphatic carbocycles. The lowest BCUT2D eigenvalue weighted by atomic mass is 10.0. The highest BCUT2D eigenvalue weighted by atomic mass is 19.4. The maximum Gasteiger partial charge on any atom is 0.416 e. The van der Waals surface area contributed by atoms with E-state index in [2.05, 4.69) is 0 Å².